The Labute approximate surface area is 113 Å². The predicted molar refractivity (Wildman–Crippen MR) is 69.2 cm³/mol. The zero-order chi connectivity index (χ0) is 13.9. The average Bonchev–Trinajstić information content (AvgIpc) is 2.36. The molecule has 19 heavy (non-hydrogen) atoms. The molecule has 3 nitrogen and oxygen atoms in total. The van der Waals surface area contributed by atoms with Crippen molar-refractivity contribution in [3.8, 4) is 0 Å². The van der Waals surface area contributed by atoms with Crippen LogP contribution in [-0.2, 0) is 0 Å². The summed E-state index contributed by atoms with van der Waals surface area (Å²) in [6, 6.07) is 0.791. The minimum absolute atomic E-state index is 0.173. The van der Waals surface area contributed by atoms with E-state index in [1.54, 1.807) is 0 Å². The van der Waals surface area contributed by atoms with E-state index in [1.807, 2.05) is 6.92 Å². The van der Waals surface area contributed by atoms with Crippen LogP contribution in [0.1, 0.15) is 26.2 Å². The second kappa shape index (κ2) is 6.41. The number of piperazine rings is 1. The van der Waals surface area contributed by atoms with Gasteiger partial charge in [0.1, 0.15) is 0 Å². The van der Waals surface area contributed by atoms with Crippen LogP contribution in [-0.4, -0.2) is 67.3 Å². The predicted octanol–water partition coefficient (Wildman–Crippen LogP) is 1.70. The molecular formula is C13H24F3N3. The zero-order valence-corrected chi connectivity index (χ0v) is 11.5. The summed E-state index contributed by atoms with van der Waals surface area (Å²) in [5.41, 5.74) is 0. The lowest BCUT2D eigenvalue weighted by atomic mass is 9.99. The van der Waals surface area contributed by atoms with E-state index in [2.05, 4.69) is 15.1 Å². The minimum Gasteiger partial charge on any atom is -0.307 e. The highest BCUT2D eigenvalue weighted by molar-refractivity contribution is 4.87. The summed E-state index contributed by atoms with van der Waals surface area (Å²) >= 11 is 0. The van der Waals surface area contributed by atoms with E-state index < -0.39 is 12.7 Å². The van der Waals surface area contributed by atoms with Gasteiger partial charge in [-0.05, 0) is 26.3 Å². The zero-order valence-electron chi connectivity index (χ0n) is 11.5. The van der Waals surface area contributed by atoms with Gasteiger partial charge in [-0.2, -0.15) is 13.2 Å². The molecule has 2 aliphatic heterocycles. The van der Waals surface area contributed by atoms with Crippen LogP contribution in [0.15, 0.2) is 0 Å². The van der Waals surface area contributed by atoms with Crippen LogP contribution in [0.4, 0.5) is 13.2 Å². The topological polar surface area (TPSA) is 18.5 Å². The molecule has 6 heteroatoms. The lowest BCUT2D eigenvalue weighted by molar-refractivity contribution is -0.125. The maximum atomic E-state index is 12.1. The molecule has 0 radical (unpaired) electrons. The fraction of sp³-hybridized carbons (Fsp3) is 1.00. The monoisotopic (exact) mass is 279 g/mol. The molecule has 0 bridgehead atoms. The lowest BCUT2D eigenvalue weighted by Crippen LogP contribution is -2.58. The third kappa shape index (κ3) is 4.61. The highest BCUT2D eigenvalue weighted by atomic mass is 19.4. The molecule has 112 valence electrons. The number of hydrogen-bond acceptors (Lipinski definition) is 3. The molecule has 0 aromatic carbocycles. The maximum Gasteiger partial charge on any atom is 0.401 e. The Morgan fingerprint density at radius 1 is 1.21 bits per heavy atom. The average molecular weight is 279 g/mol. The highest BCUT2D eigenvalue weighted by Gasteiger charge is 2.31. The Hall–Kier alpha value is -0.330. The summed E-state index contributed by atoms with van der Waals surface area (Å²) in [5, 5.41) is 2.51. The Bertz CT molecular complexity index is 283. The molecule has 2 heterocycles. The van der Waals surface area contributed by atoms with E-state index in [4.69, 9.17) is 0 Å². The molecule has 2 fully saturated rings. The van der Waals surface area contributed by atoms with Crippen molar-refractivity contribution in [3.63, 3.8) is 0 Å². The van der Waals surface area contributed by atoms with Crippen LogP contribution in [0.3, 0.4) is 0 Å². The number of hydrogen-bond donors (Lipinski definition) is 1. The van der Waals surface area contributed by atoms with Gasteiger partial charge in [0.05, 0.1) is 6.54 Å². The molecule has 0 aromatic heterocycles. The number of nitrogens with one attached hydrogen (secondary N) is 1. The largest absolute Gasteiger partial charge is 0.401 e. The Kier molecular flexibility index (Phi) is 5.09. The van der Waals surface area contributed by atoms with Crippen molar-refractivity contribution in [2.45, 2.75) is 44.4 Å². The van der Waals surface area contributed by atoms with Crippen molar-refractivity contribution in [3.05, 3.63) is 0 Å². The van der Waals surface area contributed by atoms with E-state index in [0.717, 1.165) is 19.6 Å². The third-order valence-corrected chi connectivity index (χ3v) is 4.26. The van der Waals surface area contributed by atoms with Crippen molar-refractivity contribution in [2.75, 3.05) is 39.3 Å². The van der Waals surface area contributed by atoms with Gasteiger partial charge in [-0.15, -0.1) is 0 Å². The van der Waals surface area contributed by atoms with Crippen molar-refractivity contribution in [1.82, 2.24) is 15.1 Å². The normalized spacial score (nSPS) is 28.1. The SMILES string of the molecule is CC(CNCC(F)(F)F)N1CCN2CCCCC2C1. The van der Waals surface area contributed by atoms with E-state index in [0.29, 0.717) is 12.6 Å². The molecule has 2 unspecified atom stereocenters. The summed E-state index contributed by atoms with van der Waals surface area (Å²) in [7, 11) is 0. The van der Waals surface area contributed by atoms with Crippen molar-refractivity contribution in [1.29, 1.82) is 0 Å². The summed E-state index contributed by atoms with van der Waals surface area (Å²) in [6.45, 7) is 5.78. The van der Waals surface area contributed by atoms with Gasteiger partial charge in [-0.25, -0.2) is 0 Å². The number of rotatable bonds is 4. The van der Waals surface area contributed by atoms with Gasteiger partial charge in [0, 0.05) is 38.3 Å². The number of nitrogens with zero attached hydrogens (tertiary/aromatic N) is 2. The van der Waals surface area contributed by atoms with Gasteiger partial charge >= 0.3 is 6.18 Å². The van der Waals surface area contributed by atoms with Crippen molar-refractivity contribution < 1.29 is 13.2 Å². The molecule has 1 N–H and O–H groups in total. The first-order valence-corrected chi connectivity index (χ1v) is 7.21. The minimum atomic E-state index is -4.11. The molecule has 2 atom stereocenters. The number of fused-ring (bicyclic) bond motifs is 1. The molecule has 0 saturated carbocycles. The van der Waals surface area contributed by atoms with Gasteiger partial charge in [0.2, 0.25) is 0 Å². The van der Waals surface area contributed by atoms with E-state index in [-0.39, 0.29) is 6.04 Å². The molecule has 2 aliphatic rings. The van der Waals surface area contributed by atoms with E-state index >= 15 is 0 Å². The van der Waals surface area contributed by atoms with Crippen LogP contribution in [0.25, 0.3) is 0 Å². The molecule has 2 rings (SSSR count). The first kappa shape index (κ1) is 15.1. The van der Waals surface area contributed by atoms with Crippen molar-refractivity contribution in [2.24, 2.45) is 0 Å². The summed E-state index contributed by atoms with van der Waals surface area (Å²) in [5.74, 6) is 0. The molecule has 0 aliphatic carbocycles. The fourth-order valence-electron chi connectivity index (χ4n) is 3.13. The van der Waals surface area contributed by atoms with Crippen LogP contribution < -0.4 is 5.32 Å². The van der Waals surface area contributed by atoms with Crippen LogP contribution in [0.2, 0.25) is 0 Å². The summed E-state index contributed by atoms with van der Waals surface area (Å²) in [6.07, 6.45) is -0.296. The number of alkyl halides is 3. The molecule has 0 aromatic rings. The van der Waals surface area contributed by atoms with Crippen LogP contribution in [0.5, 0.6) is 0 Å². The first-order chi connectivity index (χ1) is 8.96. The highest BCUT2D eigenvalue weighted by Crippen LogP contribution is 2.22. The number of halogens is 3. The maximum absolute atomic E-state index is 12.1. The van der Waals surface area contributed by atoms with Crippen molar-refractivity contribution >= 4 is 0 Å². The van der Waals surface area contributed by atoms with Crippen LogP contribution >= 0.6 is 0 Å². The fourth-order valence-corrected chi connectivity index (χ4v) is 3.13. The van der Waals surface area contributed by atoms with Gasteiger partial charge in [0.15, 0.2) is 0 Å². The smallest absolute Gasteiger partial charge is 0.307 e. The Morgan fingerprint density at radius 3 is 2.74 bits per heavy atom. The van der Waals surface area contributed by atoms with Gasteiger partial charge in [-0.3, -0.25) is 9.80 Å². The molecule has 0 spiro atoms. The van der Waals surface area contributed by atoms with E-state index in [1.165, 1.54) is 25.8 Å². The molecular weight excluding hydrogens is 255 g/mol. The second-order valence-corrected chi connectivity index (χ2v) is 5.78. The number of piperidine rings is 1. The third-order valence-electron chi connectivity index (χ3n) is 4.26. The lowest BCUT2D eigenvalue weighted by Gasteiger charge is -2.46. The standard InChI is InChI=1S/C13H24F3N3/c1-11(8-17-10-13(14,15)16)19-7-6-18-5-3-2-4-12(18)9-19/h11-12,17H,2-10H2,1H3. The first-order valence-electron chi connectivity index (χ1n) is 7.21. The molecule has 0 amide bonds. The van der Waals surface area contributed by atoms with E-state index in [9.17, 15) is 13.2 Å². The molecule has 2 saturated heterocycles. The van der Waals surface area contributed by atoms with Gasteiger partial charge in [-0.1, -0.05) is 6.42 Å². The quantitative estimate of drug-likeness (QED) is 0.845. The Balaban J connectivity index is 1.72. The van der Waals surface area contributed by atoms with Gasteiger partial charge < -0.3 is 5.32 Å². The summed E-state index contributed by atoms with van der Waals surface area (Å²) < 4.78 is 36.3. The second-order valence-electron chi connectivity index (χ2n) is 5.78. The van der Waals surface area contributed by atoms with Crippen LogP contribution in [0, 0.1) is 0 Å². The summed E-state index contributed by atoms with van der Waals surface area (Å²) in [4.78, 5) is 4.87. The van der Waals surface area contributed by atoms with Gasteiger partial charge in [0.25, 0.3) is 0 Å². The Morgan fingerprint density at radius 2 is 2.00 bits per heavy atom.